The van der Waals surface area contributed by atoms with Crippen molar-refractivity contribution in [2.24, 2.45) is 16.6 Å². The number of benzene rings is 1. The summed E-state index contributed by atoms with van der Waals surface area (Å²) in [5.74, 6) is 0.809. The molecular weight excluding hydrogens is 266 g/mol. The van der Waals surface area contributed by atoms with Gasteiger partial charge in [-0.3, -0.25) is 4.79 Å². The molecule has 0 radical (unpaired) electrons. The van der Waals surface area contributed by atoms with Gasteiger partial charge in [0.15, 0.2) is 0 Å². The van der Waals surface area contributed by atoms with Crippen LogP contribution in [0.25, 0.3) is 0 Å². The van der Waals surface area contributed by atoms with Gasteiger partial charge in [-0.2, -0.15) is 0 Å². The number of carbonyl (C=O) groups excluding carboxylic acids is 1. The highest BCUT2D eigenvalue weighted by Crippen LogP contribution is 2.30. The summed E-state index contributed by atoms with van der Waals surface area (Å²) in [5, 5.41) is 2.79. The number of nitrogens with zero attached hydrogens (tertiary/aromatic N) is 1. The number of hydrogen-bond donors (Lipinski definition) is 2. The molecule has 0 spiro atoms. The van der Waals surface area contributed by atoms with Crippen molar-refractivity contribution >= 4 is 34.7 Å². The summed E-state index contributed by atoms with van der Waals surface area (Å²) in [6, 6.07) is 5.15. The summed E-state index contributed by atoms with van der Waals surface area (Å²) >= 11 is 5.61. The summed E-state index contributed by atoms with van der Waals surface area (Å²) in [4.78, 5) is 15.9. The maximum atomic E-state index is 11.7. The number of carbonyl (C=O) groups is 1. The van der Waals surface area contributed by atoms with E-state index in [0.29, 0.717) is 17.1 Å². The van der Waals surface area contributed by atoms with Crippen molar-refractivity contribution in [3.05, 3.63) is 18.2 Å². The smallest absolute Gasteiger partial charge is 0.226 e. The summed E-state index contributed by atoms with van der Waals surface area (Å²) in [6.45, 7) is 3.63. The molecule has 19 heavy (non-hydrogen) atoms. The van der Waals surface area contributed by atoms with Crippen molar-refractivity contribution in [3.8, 4) is 5.75 Å². The molecule has 3 N–H and O–H groups in total. The minimum Gasteiger partial charge on any atom is -0.497 e. The highest BCUT2D eigenvalue weighted by Gasteiger charge is 2.11. The molecule has 1 rings (SSSR count). The third-order valence-electron chi connectivity index (χ3n) is 2.39. The molecular formula is C13H18ClN3O2. The first-order chi connectivity index (χ1) is 8.97. The summed E-state index contributed by atoms with van der Waals surface area (Å²) in [5.41, 5.74) is 6.72. The quantitative estimate of drug-likeness (QED) is 0.495. The maximum absolute atomic E-state index is 11.7. The second-order valence-corrected chi connectivity index (χ2v) is 4.53. The number of nitrogens with two attached hydrogens (primary N) is 1. The standard InChI is InChI=1S/C13H18ClN3O2/c1-8(2)13(18)17-10-5-4-9(19-3)6-11(10)16-12(15)7-14/h4-6,8H,7H2,1-3H3,(H2,15,16)(H,17,18). The Morgan fingerprint density at radius 2 is 2.21 bits per heavy atom. The number of alkyl halides is 1. The van der Waals surface area contributed by atoms with Gasteiger partial charge < -0.3 is 15.8 Å². The predicted octanol–water partition coefficient (Wildman–Crippen LogP) is 2.52. The van der Waals surface area contributed by atoms with Gasteiger partial charge >= 0.3 is 0 Å². The number of methoxy groups -OCH3 is 1. The van der Waals surface area contributed by atoms with Crippen LogP contribution in [0.1, 0.15) is 13.8 Å². The van der Waals surface area contributed by atoms with Crippen LogP contribution in [-0.4, -0.2) is 24.7 Å². The van der Waals surface area contributed by atoms with Gasteiger partial charge in [0.1, 0.15) is 11.6 Å². The first-order valence-electron chi connectivity index (χ1n) is 5.85. The molecule has 5 nitrogen and oxygen atoms in total. The van der Waals surface area contributed by atoms with Crippen molar-refractivity contribution in [2.75, 3.05) is 18.3 Å². The first kappa shape index (κ1) is 15.3. The summed E-state index contributed by atoms with van der Waals surface area (Å²) in [7, 11) is 1.56. The molecule has 0 aromatic heterocycles. The lowest BCUT2D eigenvalue weighted by atomic mass is 10.2. The van der Waals surface area contributed by atoms with Crippen LogP contribution in [0.5, 0.6) is 5.75 Å². The predicted molar refractivity (Wildman–Crippen MR) is 78.5 cm³/mol. The molecule has 0 aliphatic rings. The minimum absolute atomic E-state index is 0.0916. The van der Waals surface area contributed by atoms with Crippen molar-refractivity contribution in [1.29, 1.82) is 0 Å². The largest absolute Gasteiger partial charge is 0.497 e. The second-order valence-electron chi connectivity index (χ2n) is 4.26. The summed E-state index contributed by atoms with van der Waals surface area (Å²) < 4.78 is 5.12. The number of aliphatic imine (C=N–C) groups is 1. The van der Waals surface area contributed by atoms with Crippen molar-refractivity contribution in [1.82, 2.24) is 0 Å². The van der Waals surface area contributed by atoms with Crippen LogP contribution in [0.3, 0.4) is 0 Å². The second kappa shape index (κ2) is 6.99. The number of anilines is 1. The Labute approximate surface area is 117 Å². The first-order valence-corrected chi connectivity index (χ1v) is 6.39. The van der Waals surface area contributed by atoms with Crippen LogP contribution in [0.4, 0.5) is 11.4 Å². The highest BCUT2D eigenvalue weighted by atomic mass is 35.5. The Balaban J connectivity index is 3.12. The van der Waals surface area contributed by atoms with Gasteiger partial charge in [0.25, 0.3) is 0 Å². The highest BCUT2D eigenvalue weighted by molar-refractivity contribution is 6.28. The molecule has 104 valence electrons. The van der Waals surface area contributed by atoms with Gasteiger partial charge in [-0.05, 0) is 12.1 Å². The van der Waals surface area contributed by atoms with Crippen LogP contribution in [-0.2, 0) is 4.79 Å². The van der Waals surface area contributed by atoms with Crippen LogP contribution in [0, 0.1) is 5.92 Å². The molecule has 0 aliphatic carbocycles. The van der Waals surface area contributed by atoms with E-state index < -0.39 is 0 Å². The molecule has 0 aliphatic heterocycles. The molecule has 0 saturated heterocycles. The van der Waals surface area contributed by atoms with E-state index in [2.05, 4.69) is 10.3 Å². The monoisotopic (exact) mass is 283 g/mol. The number of amidine groups is 1. The SMILES string of the molecule is COc1ccc(NC(=O)C(C)C)c(N=C(N)CCl)c1. The van der Waals surface area contributed by atoms with E-state index in [1.807, 2.05) is 13.8 Å². The number of rotatable bonds is 5. The van der Waals surface area contributed by atoms with E-state index in [9.17, 15) is 4.79 Å². The fourth-order valence-electron chi connectivity index (χ4n) is 1.30. The Hall–Kier alpha value is -1.75. The van der Waals surface area contributed by atoms with Crippen LogP contribution >= 0.6 is 11.6 Å². The Morgan fingerprint density at radius 3 is 2.74 bits per heavy atom. The molecule has 1 aromatic rings. The van der Waals surface area contributed by atoms with Crippen LogP contribution in [0.15, 0.2) is 23.2 Å². The van der Waals surface area contributed by atoms with Gasteiger partial charge in [-0.25, -0.2) is 4.99 Å². The van der Waals surface area contributed by atoms with Crippen molar-refractivity contribution in [2.45, 2.75) is 13.8 Å². The number of nitrogens with one attached hydrogen (secondary N) is 1. The molecule has 1 aromatic carbocycles. The summed E-state index contributed by atoms with van der Waals surface area (Å²) in [6.07, 6.45) is 0. The lowest BCUT2D eigenvalue weighted by Gasteiger charge is -2.11. The Bertz CT molecular complexity index is 487. The minimum atomic E-state index is -0.121. The van der Waals surface area contributed by atoms with Gasteiger partial charge in [-0.15, -0.1) is 11.6 Å². The zero-order valence-electron chi connectivity index (χ0n) is 11.2. The number of amides is 1. The van der Waals surface area contributed by atoms with Gasteiger partial charge in [-0.1, -0.05) is 13.8 Å². The fourth-order valence-corrected chi connectivity index (χ4v) is 1.36. The van der Waals surface area contributed by atoms with E-state index in [0.717, 1.165) is 0 Å². The molecule has 0 bridgehead atoms. The average molecular weight is 284 g/mol. The molecule has 6 heteroatoms. The molecule has 0 heterocycles. The van der Waals surface area contributed by atoms with Crippen molar-refractivity contribution in [3.63, 3.8) is 0 Å². The van der Waals surface area contributed by atoms with Crippen LogP contribution < -0.4 is 15.8 Å². The third kappa shape index (κ3) is 4.44. The zero-order chi connectivity index (χ0) is 14.4. The topological polar surface area (TPSA) is 76.7 Å². The van der Waals surface area contributed by atoms with Crippen molar-refractivity contribution < 1.29 is 9.53 Å². The number of hydrogen-bond acceptors (Lipinski definition) is 3. The van der Waals surface area contributed by atoms with E-state index in [-0.39, 0.29) is 23.5 Å². The lowest BCUT2D eigenvalue weighted by Crippen LogP contribution is -2.18. The lowest BCUT2D eigenvalue weighted by molar-refractivity contribution is -0.118. The maximum Gasteiger partial charge on any atom is 0.226 e. The number of halogens is 1. The molecule has 0 saturated carbocycles. The van der Waals surface area contributed by atoms with E-state index in [4.69, 9.17) is 22.1 Å². The van der Waals surface area contributed by atoms with E-state index in [1.54, 1.807) is 25.3 Å². The Morgan fingerprint density at radius 1 is 1.53 bits per heavy atom. The average Bonchev–Trinajstić information content (AvgIpc) is 2.40. The van der Waals surface area contributed by atoms with Crippen LogP contribution in [0.2, 0.25) is 0 Å². The van der Waals surface area contributed by atoms with Gasteiger partial charge in [0, 0.05) is 12.0 Å². The Kier molecular flexibility index (Phi) is 5.63. The van der Waals surface area contributed by atoms with E-state index in [1.165, 1.54) is 0 Å². The van der Waals surface area contributed by atoms with Gasteiger partial charge in [0.05, 0.1) is 24.4 Å². The zero-order valence-corrected chi connectivity index (χ0v) is 12.0. The fraction of sp³-hybridized carbons (Fsp3) is 0.385. The van der Waals surface area contributed by atoms with Gasteiger partial charge in [0.2, 0.25) is 5.91 Å². The third-order valence-corrected chi connectivity index (χ3v) is 2.66. The molecule has 0 unspecified atom stereocenters. The van der Waals surface area contributed by atoms with E-state index >= 15 is 0 Å². The molecule has 0 fully saturated rings. The molecule has 0 atom stereocenters. The molecule has 1 amide bonds. The normalized spacial score (nSPS) is 11.5. The number of ether oxygens (including phenoxy) is 1.